The average Bonchev–Trinajstić information content (AvgIpc) is 3.45. The fourth-order valence-corrected chi connectivity index (χ4v) is 5.45. The third-order valence-corrected chi connectivity index (χ3v) is 7.58. The molecule has 2 heterocycles. The zero-order valence-corrected chi connectivity index (χ0v) is 18.0. The van der Waals surface area contributed by atoms with Gasteiger partial charge in [-0.3, -0.25) is 24.2 Å². The summed E-state index contributed by atoms with van der Waals surface area (Å²) in [6, 6.07) is 6.23. The van der Waals surface area contributed by atoms with E-state index >= 15 is 0 Å². The van der Waals surface area contributed by atoms with E-state index in [0.29, 0.717) is 11.6 Å². The highest BCUT2D eigenvalue weighted by Gasteiger charge is 2.58. The van der Waals surface area contributed by atoms with E-state index in [2.05, 4.69) is 26.1 Å². The first-order valence-electron chi connectivity index (χ1n) is 10.7. The zero-order chi connectivity index (χ0) is 20.2. The minimum absolute atomic E-state index is 0.102. The maximum Gasteiger partial charge on any atom is 0.261 e. The van der Waals surface area contributed by atoms with Gasteiger partial charge >= 0.3 is 0 Å². The lowest BCUT2D eigenvalue weighted by Crippen LogP contribution is -2.56. The molecule has 2 saturated carbocycles. The molecule has 154 valence electrons. The first-order chi connectivity index (χ1) is 14.0. The number of nitrogens with one attached hydrogen (secondary N) is 1. The molecule has 0 bridgehead atoms. The fourth-order valence-electron chi connectivity index (χ4n) is 5.09. The molecule has 1 spiro atoms. The van der Waals surface area contributed by atoms with Gasteiger partial charge in [0.05, 0.1) is 5.41 Å². The van der Waals surface area contributed by atoms with Crippen molar-refractivity contribution < 1.29 is 14.4 Å². The van der Waals surface area contributed by atoms with Crippen LogP contribution in [0.25, 0.3) is 0 Å². The standard InChI is InChI=1S/C22H26BrN3O3/c23-14-6-7-17-18(11-14)22(8-9-22)21(29)26(20(17)28)13-19(27)24-15-3-2-10-25(12-15)16-4-1-5-16/h6-7,11,15-16H,1-5,8-10,12-13H2,(H,24,27)/t15-/m0/s1. The molecule has 1 saturated heterocycles. The first kappa shape index (κ1) is 19.2. The van der Waals surface area contributed by atoms with Crippen LogP contribution in [0.15, 0.2) is 22.7 Å². The smallest absolute Gasteiger partial charge is 0.261 e. The van der Waals surface area contributed by atoms with E-state index in [4.69, 9.17) is 0 Å². The minimum Gasteiger partial charge on any atom is -0.351 e. The normalized spacial score (nSPS) is 26.2. The lowest BCUT2D eigenvalue weighted by atomic mass is 9.85. The molecule has 1 atom stereocenters. The molecular formula is C22H26BrN3O3. The van der Waals surface area contributed by atoms with E-state index in [1.54, 1.807) is 6.07 Å². The number of hydrogen-bond acceptors (Lipinski definition) is 4. The second kappa shape index (κ2) is 7.20. The summed E-state index contributed by atoms with van der Waals surface area (Å²) in [4.78, 5) is 42.5. The summed E-state index contributed by atoms with van der Waals surface area (Å²) in [5.41, 5.74) is 0.744. The van der Waals surface area contributed by atoms with Gasteiger partial charge in [0.15, 0.2) is 0 Å². The second-order valence-electron chi connectivity index (χ2n) is 8.95. The predicted octanol–water partition coefficient (Wildman–Crippen LogP) is 2.60. The van der Waals surface area contributed by atoms with E-state index in [0.717, 1.165) is 48.8 Å². The van der Waals surface area contributed by atoms with E-state index in [-0.39, 0.29) is 30.3 Å². The van der Waals surface area contributed by atoms with Gasteiger partial charge in [0, 0.05) is 28.7 Å². The third kappa shape index (κ3) is 3.32. The van der Waals surface area contributed by atoms with Gasteiger partial charge in [0.2, 0.25) is 11.8 Å². The largest absolute Gasteiger partial charge is 0.351 e. The Morgan fingerprint density at radius 3 is 2.66 bits per heavy atom. The van der Waals surface area contributed by atoms with Crippen LogP contribution in [-0.4, -0.2) is 59.2 Å². The number of halogens is 1. The number of benzene rings is 1. The van der Waals surface area contributed by atoms with Crippen LogP contribution in [0, 0.1) is 0 Å². The fraction of sp³-hybridized carbons (Fsp3) is 0.591. The molecule has 29 heavy (non-hydrogen) atoms. The van der Waals surface area contributed by atoms with Gasteiger partial charge in [-0.2, -0.15) is 0 Å². The van der Waals surface area contributed by atoms with Crippen LogP contribution in [0.3, 0.4) is 0 Å². The van der Waals surface area contributed by atoms with Crippen LogP contribution in [-0.2, 0) is 15.0 Å². The number of rotatable bonds is 4. The third-order valence-electron chi connectivity index (χ3n) is 7.09. The van der Waals surface area contributed by atoms with Crippen molar-refractivity contribution in [3.05, 3.63) is 33.8 Å². The molecule has 3 fully saturated rings. The summed E-state index contributed by atoms with van der Waals surface area (Å²) < 4.78 is 0.864. The first-order valence-corrected chi connectivity index (χ1v) is 11.5. The number of nitrogens with zero attached hydrogens (tertiary/aromatic N) is 2. The van der Waals surface area contributed by atoms with Gasteiger partial charge in [0.1, 0.15) is 6.54 Å². The average molecular weight is 460 g/mol. The topological polar surface area (TPSA) is 69.7 Å². The number of carbonyl (C=O) groups excluding carboxylic acids is 3. The van der Waals surface area contributed by atoms with Crippen LogP contribution in [0.5, 0.6) is 0 Å². The van der Waals surface area contributed by atoms with Crippen molar-refractivity contribution in [3.8, 4) is 0 Å². The maximum atomic E-state index is 13.1. The van der Waals surface area contributed by atoms with E-state index in [1.807, 2.05) is 12.1 Å². The van der Waals surface area contributed by atoms with Crippen molar-refractivity contribution in [3.63, 3.8) is 0 Å². The Balaban J connectivity index is 1.28. The molecule has 4 aliphatic rings. The summed E-state index contributed by atoms with van der Waals surface area (Å²) in [5, 5.41) is 3.09. The second-order valence-corrected chi connectivity index (χ2v) is 9.87. The number of likely N-dealkylation sites (tertiary alicyclic amines) is 1. The Labute approximate surface area is 179 Å². The summed E-state index contributed by atoms with van der Waals surface area (Å²) in [7, 11) is 0. The zero-order valence-electron chi connectivity index (χ0n) is 16.5. The van der Waals surface area contributed by atoms with Gasteiger partial charge in [-0.25, -0.2) is 0 Å². The summed E-state index contributed by atoms with van der Waals surface area (Å²) in [6.45, 7) is 1.79. The highest BCUT2D eigenvalue weighted by molar-refractivity contribution is 9.10. The molecule has 0 unspecified atom stereocenters. The molecule has 2 aliphatic heterocycles. The molecule has 0 radical (unpaired) electrons. The van der Waals surface area contributed by atoms with Crippen molar-refractivity contribution in [1.82, 2.24) is 15.1 Å². The van der Waals surface area contributed by atoms with Crippen LogP contribution in [0.2, 0.25) is 0 Å². The number of imide groups is 1. The van der Waals surface area contributed by atoms with Gasteiger partial charge in [-0.1, -0.05) is 22.4 Å². The maximum absolute atomic E-state index is 13.1. The van der Waals surface area contributed by atoms with Crippen molar-refractivity contribution in [2.24, 2.45) is 0 Å². The molecule has 5 rings (SSSR count). The van der Waals surface area contributed by atoms with Crippen LogP contribution >= 0.6 is 15.9 Å². The van der Waals surface area contributed by atoms with Crippen LogP contribution in [0.4, 0.5) is 0 Å². The van der Waals surface area contributed by atoms with E-state index < -0.39 is 5.41 Å². The molecule has 1 aromatic carbocycles. The summed E-state index contributed by atoms with van der Waals surface area (Å²) >= 11 is 3.44. The Morgan fingerprint density at radius 1 is 1.17 bits per heavy atom. The Bertz CT molecular complexity index is 878. The molecule has 1 N–H and O–H groups in total. The minimum atomic E-state index is -0.612. The molecule has 1 aromatic rings. The number of fused-ring (bicyclic) bond motifs is 2. The Hall–Kier alpha value is -1.73. The lowest BCUT2D eigenvalue weighted by Gasteiger charge is -2.42. The summed E-state index contributed by atoms with van der Waals surface area (Å²) in [5.74, 6) is -0.809. The number of carbonyl (C=O) groups is 3. The highest BCUT2D eigenvalue weighted by Crippen LogP contribution is 2.53. The van der Waals surface area contributed by atoms with E-state index in [1.165, 1.54) is 24.2 Å². The van der Waals surface area contributed by atoms with Gasteiger partial charge in [-0.15, -0.1) is 0 Å². The van der Waals surface area contributed by atoms with Gasteiger partial charge < -0.3 is 5.32 Å². The van der Waals surface area contributed by atoms with Crippen molar-refractivity contribution in [2.75, 3.05) is 19.6 Å². The molecule has 7 heteroatoms. The van der Waals surface area contributed by atoms with Crippen molar-refractivity contribution in [1.29, 1.82) is 0 Å². The number of piperidine rings is 1. The number of hydrogen-bond donors (Lipinski definition) is 1. The van der Waals surface area contributed by atoms with Crippen molar-refractivity contribution in [2.45, 2.75) is 62.4 Å². The van der Waals surface area contributed by atoms with Gasteiger partial charge in [-0.05, 0) is 68.8 Å². The van der Waals surface area contributed by atoms with E-state index in [9.17, 15) is 14.4 Å². The Kier molecular flexibility index (Phi) is 4.78. The van der Waals surface area contributed by atoms with Gasteiger partial charge in [0.25, 0.3) is 5.91 Å². The highest BCUT2D eigenvalue weighted by atomic mass is 79.9. The van der Waals surface area contributed by atoms with Crippen LogP contribution in [0.1, 0.15) is 60.9 Å². The quantitative estimate of drug-likeness (QED) is 0.702. The molecule has 2 aliphatic carbocycles. The summed E-state index contributed by atoms with van der Waals surface area (Å²) in [6.07, 6.45) is 7.33. The molecule has 0 aromatic heterocycles. The number of amides is 3. The molecular weight excluding hydrogens is 434 g/mol. The molecule has 6 nitrogen and oxygen atoms in total. The SMILES string of the molecule is O=C(CN1C(=O)c2ccc(Br)cc2C2(CC2)C1=O)N[C@H]1CCCN(C2CCC2)C1. The monoisotopic (exact) mass is 459 g/mol. The lowest BCUT2D eigenvalue weighted by molar-refractivity contribution is -0.136. The predicted molar refractivity (Wildman–Crippen MR) is 111 cm³/mol. The molecule has 3 amide bonds. The Morgan fingerprint density at radius 2 is 1.97 bits per heavy atom. The van der Waals surface area contributed by atoms with Crippen LogP contribution < -0.4 is 5.32 Å². The van der Waals surface area contributed by atoms with Crippen molar-refractivity contribution >= 4 is 33.7 Å².